The summed E-state index contributed by atoms with van der Waals surface area (Å²) in [6.07, 6.45) is 1.86. The molecule has 0 radical (unpaired) electrons. The predicted molar refractivity (Wildman–Crippen MR) is 79.1 cm³/mol. The maximum Gasteiger partial charge on any atom is 0.128 e. The van der Waals surface area contributed by atoms with Crippen LogP contribution in [-0.2, 0) is 13.1 Å². The first kappa shape index (κ1) is 14.7. The Morgan fingerprint density at radius 3 is 2.55 bits per heavy atom. The molecule has 1 aromatic heterocycles. The maximum atomic E-state index is 13.7. The second-order valence-corrected chi connectivity index (χ2v) is 6.11. The standard InChI is InChI=1S/C16H22FN3/c1-12-14(9-18-16(2,3)4)10-19-20(12)11-13-7-5-6-8-15(13)17/h5-8,10,18H,9,11H2,1-4H3. The molecule has 2 rings (SSSR count). The lowest BCUT2D eigenvalue weighted by Gasteiger charge is -2.20. The van der Waals surface area contributed by atoms with Gasteiger partial charge in [-0.2, -0.15) is 5.10 Å². The topological polar surface area (TPSA) is 29.9 Å². The molecule has 0 fully saturated rings. The molecular formula is C16H22FN3. The Labute approximate surface area is 119 Å². The molecule has 0 aliphatic carbocycles. The number of hydrogen-bond acceptors (Lipinski definition) is 2. The van der Waals surface area contributed by atoms with Crippen LogP contribution < -0.4 is 5.32 Å². The lowest BCUT2D eigenvalue weighted by atomic mass is 10.1. The summed E-state index contributed by atoms with van der Waals surface area (Å²) in [4.78, 5) is 0. The Balaban J connectivity index is 2.11. The van der Waals surface area contributed by atoms with E-state index in [4.69, 9.17) is 0 Å². The summed E-state index contributed by atoms with van der Waals surface area (Å²) in [5.41, 5.74) is 2.95. The van der Waals surface area contributed by atoms with Crippen LogP contribution in [0.2, 0.25) is 0 Å². The van der Waals surface area contributed by atoms with Crippen molar-refractivity contribution in [1.29, 1.82) is 0 Å². The molecule has 1 heterocycles. The van der Waals surface area contributed by atoms with E-state index >= 15 is 0 Å². The van der Waals surface area contributed by atoms with Gasteiger partial charge in [-0.1, -0.05) is 18.2 Å². The van der Waals surface area contributed by atoms with Crippen LogP contribution in [0.3, 0.4) is 0 Å². The fourth-order valence-corrected chi connectivity index (χ4v) is 1.97. The molecule has 0 bridgehead atoms. The number of aromatic nitrogens is 2. The van der Waals surface area contributed by atoms with Crippen molar-refractivity contribution in [3.63, 3.8) is 0 Å². The number of rotatable bonds is 4. The first-order valence-electron chi connectivity index (χ1n) is 6.86. The normalized spacial score (nSPS) is 11.8. The summed E-state index contributed by atoms with van der Waals surface area (Å²) in [7, 11) is 0. The Kier molecular flexibility index (Phi) is 4.23. The van der Waals surface area contributed by atoms with Gasteiger partial charge < -0.3 is 5.32 Å². The summed E-state index contributed by atoms with van der Waals surface area (Å²) < 4.78 is 15.5. The number of benzene rings is 1. The second kappa shape index (κ2) is 5.75. The molecule has 3 nitrogen and oxygen atoms in total. The fraction of sp³-hybridized carbons (Fsp3) is 0.438. The van der Waals surface area contributed by atoms with Gasteiger partial charge in [0.25, 0.3) is 0 Å². The van der Waals surface area contributed by atoms with Gasteiger partial charge in [-0.3, -0.25) is 4.68 Å². The molecule has 0 aliphatic rings. The van der Waals surface area contributed by atoms with Crippen LogP contribution >= 0.6 is 0 Å². The molecule has 0 unspecified atom stereocenters. The van der Waals surface area contributed by atoms with Gasteiger partial charge in [0.15, 0.2) is 0 Å². The van der Waals surface area contributed by atoms with E-state index < -0.39 is 0 Å². The van der Waals surface area contributed by atoms with E-state index in [0.29, 0.717) is 12.1 Å². The zero-order valence-electron chi connectivity index (χ0n) is 12.6. The van der Waals surface area contributed by atoms with Crippen molar-refractivity contribution < 1.29 is 4.39 Å². The lowest BCUT2D eigenvalue weighted by molar-refractivity contribution is 0.423. The minimum atomic E-state index is -0.184. The molecule has 4 heteroatoms. The molecule has 1 N–H and O–H groups in total. The molecule has 20 heavy (non-hydrogen) atoms. The predicted octanol–water partition coefficient (Wildman–Crippen LogP) is 3.27. The molecule has 0 saturated carbocycles. The third-order valence-corrected chi connectivity index (χ3v) is 3.29. The summed E-state index contributed by atoms with van der Waals surface area (Å²) in [6, 6.07) is 6.83. The van der Waals surface area contributed by atoms with Crippen LogP contribution in [0.5, 0.6) is 0 Å². The Morgan fingerprint density at radius 2 is 1.90 bits per heavy atom. The van der Waals surface area contributed by atoms with Gasteiger partial charge in [0.2, 0.25) is 0 Å². The number of nitrogens with zero attached hydrogens (tertiary/aromatic N) is 2. The average Bonchev–Trinajstić information content (AvgIpc) is 2.70. The van der Waals surface area contributed by atoms with Crippen molar-refractivity contribution in [3.05, 3.63) is 53.1 Å². The minimum absolute atomic E-state index is 0.0695. The van der Waals surface area contributed by atoms with Gasteiger partial charge >= 0.3 is 0 Å². The van der Waals surface area contributed by atoms with Gasteiger partial charge in [-0.15, -0.1) is 0 Å². The summed E-state index contributed by atoms with van der Waals surface area (Å²) >= 11 is 0. The fourth-order valence-electron chi connectivity index (χ4n) is 1.97. The quantitative estimate of drug-likeness (QED) is 0.928. The monoisotopic (exact) mass is 275 g/mol. The average molecular weight is 275 g/mol. The molecule has 0 atom stereocenters. The highest BCUT2D eigenvalue weighted by Gasteiger charge is 2.12. The summed E-state index contributed by atoms with van der Waals surface area (Å²) in [5.74, 6) is -0.184. The molecule has 0 aliphatic heterocycles. The van der Waals surface area contributed by atoms with Crippen LogP contribution in [-0.4, -0.2) is 15.3 Å². The smallest absolute Gasteiger partial charge is 0.128 e. The number of hydrogen-bond donors (Lipinski definition) is 1. The van der Waals surface area contributed by atoms with E-state index in [1.54, 1.807) is 12.1 Å². The Hall–Kier alpha value is -1.68. The van der Waals surface area contributed by atoms with Gasteiger partial charge in [-0.05, 0) is 33.8 Å². The highest BCUT2D eigenvalue weighted by atomic mass is 19.1. The van der Waals surface area contributed by atoms with E-state index in [2.05, 4.69) is 31.2 Å². The third-order valence-electron chi connectivity index (χ3n) is 3.29. The summed E-state index contributed by atoms with van der Waals surface area (Å²) in [5, 5.41) is 7.80. The van der Waals surface area contributed by atoms with Crippen LogP contribution in [0.4, 0.5) is 4.39 Å². The van der Waals surface area contributed by atoms with Gasteiger partial charge in [0.05, 0.1) is 12.7 Å². The molecule has 108 valence electrons. The van der Waals surface area contributed by atoms with Crippen molar-refractivity contribution in [2.45, 2.75) is 46.3 Å². The van der Waals surface area contributed by atoms with Gasteiger partial charge in [0, 0.05) is 28.9 Å². The van der Waals surface area contributed by atoms with E-state index in [1.165, 1.54) is 6.07 Å². The van der Waals surface area contributed by atoms with E-state index in [-0.39, 0.29) is 11.4 Å². The molecule has 0 saturated heterocycles. The largest absolute Gasteiger partial charge is 0.308 e. The SMILES string of the molecule is Cc1c(CNC(C)(C)C)cnn1Cc1ccccc1F. The zero-order valence-corrected chi connectivity index (χ0v) is 12.6. The highest BCUT2D eigenvalue weighted by Crippen LogP contribution is 2.13. The van der Waals surface area contributed by atoms with Crippen molar-refractivity contribution in [2.24, 2.45) is 0 Å². The van der Waals surface area contributed by atoms with E-state index in [1.807, 2.05) is 23.9 Å². The maximum absolute atomic E-state index is 13.7. The molecule has 0 spiro atoms. The first-order valence-corrected chi connectivity index (χ1v) is 6.86. The van der Waals surface area contributed by atoms with Crippen LogP contribution in [0.1, 0.15) is 37.6 Å². The number of halogens is 1. The lowest BCUT2D eigenvalue weighted by Crippen LogP contribution is -2.35. The van der Waals surface area contributed by atoms with Crippen molar-refractivity contribution >= 4 is 0 Å². The third kappa shape index (κ3) is 3.67. The number of nitrogens with one attached hydrogen (secondary N) is 1. The molecule has 1 aromatic carbocycles. The molecule has 2 aromatic rings. The second-order valence-electron chi connectivity index (χ2n) is 6.11. The van der Waals surface area contributed by atoms with E-state index in [9.17, 15) is 4.39 Å². The van der Waals surface area contributed by atoms with Gasteiger partial charge in [-0.25, -0.2) is 4.39 Å². The molecular weight excluding hydrogens is 253 g/mol. The van der Waals surface area contributed by atoms with Crippen LogP contribution in [0, 0.1) is 12.7 Å². The Morgan fingerprint density at radius 1 is 1.20 bits per heavy atom. The molecule has 0 amide bonds. The van der Waals surface area contributed by atoms with Crippen molar-refractivity contribution in [2.75, 3.05) is 0 Å². The van der Waals surface area contributed by atoms with Crippen molar-refractivity contribution in [3.8, 4) is 0 Å². The van der Waals surface area contributed by atoms with Crippen molar-refractivity contribution in [1.82, 2.24) is 15.1 Å². The minimum Gasteiger partial charge on any atom is -0.308 e. The first-order chi connectivity index (χ1) is 9.37. The Bertz CT molecular complexity index is 582. The van der Waals surface area contributed by atoms with Crippen LogP contribution in [0.25, 0.3) is 0 Å². The summed E-state index contributed by atoms with van der Waals surface area (Å²) in [6.45, 7) is 9.65. The van der Waals surface area contributed by atoms with E-state index in [0.717, 1.165) is 17.8 Å². The zero-order chi connectivity index (χ0) is 14.8. The van der Waals surface area contributed by atoms with Gasteiger partial charge in [0.1, 0.15) is 5.82 Å². The highest BCUT2D eigenvalue weighted by molar-refractivity contribution is 5.21. The van der Waals surface area contributed by atoms with Crippen LogP contribution in [0.15, 0.2) is 30.5 Å².